The summed E-state index contributed by atoms with van der Waals surface area (Å²) in [6.07, 6.45) is 4.05. The lowest BCUT2D eigenvalue weighted by Gasteiger charge is -2.19. The maximum absolute atomic E-state index is 11.8. The van der Waals surface area contributed by atoms with Crippen molar-refractivity contribution in [2.24, 2.45) is 0 Å². The van der Waals surface area contributed by atoms with Crippen LogP contribution in [0.3, 0.4) is 0 Å². The van der Waals surface area contributed by atoms with E-state index < -0.39 is 0 Å². The van der Waals surface area contributed by atoms with Crippen molar-refractivity contribution in [1.82, 2.24) is 10.6 Å². The minimum absolute atomic E-state index is 0.167. The Kier molecular flexibility index (Phi) is 5.87. The molecule has 1 heterocycles. The number of hydrogen-bond acceptors (Lipinski definition) is 3. The second-order valence-electron chi connectivity index (χ2n) is 5.44. The maximum Gasteiger partial charge on any atom is 0.220 e. The van der Waals surface area contributed by atoms with Gasteiger partial charge in [0.2, 0.25) is 5.91 Å². The number of para-hydroxylation sites is 1. The van der Waals surface area contributed by atoms with Crippen molar-refractivity contribution in [2.75, 3.05) is 31.6 Å². The Labute approximate surface area is 121 Å². The van der Waals surface area contributed by atoms with E-state index in [-0.39, 0.29) is 5.91 Å². The molecule has 2 N–H and O–H groups in total. The molecule has 0 radical (unpaired) electrons. The highest BCUT2D eigenvalue weighted by Crippen LogP contribution is 2.11. The molecular weight excluding hydrogens is 250 g/mol. The van der Waals surface area contributed by atoms with Crippen LogP contribution in [0.15, 0.2) is 30.3 Å². The van der Waals surface area contributed by atoms with E-state index in [2.05, 4.69) is 27.7 Å². The first-order chi connectivity index (χ1) is 9.75. The third kappa shape index (κ3) is 4.85. The predicted octanol–water partition coefficient (Wildman–Crippen LogP) is 1.77. The number of rotatable bonds is 7. The average Bonchev–Trinajstić information content (AvgIpc) is 2.99. The molecule has 1 amide bonds. The lowest BCUT2D eigenvalue weighted by molar-refractivity contribution is -0.121. The lowest BCUT2D eigenvalue weighted by Crippen LogP contribution is -2.33. The topological polar surface area (TPSA) is 44.4 Å². The van der Waals surface area contributed by atoms with E-state index in [9.17, 15) is 4.79 Å². The number of likely N-dealkylation sites (N-methyl/N-ethyl adjacent to an activating group) is 1. The van der Waals surface area contributed by atoms with E-state index in [0.29, 0.717) is 19.0 Å². The van der Waals surface area contributed by atoms with Crippen molar-refractivity contribution in [2.45, 2.75) is 31.7 Å². The number of carbonyl (C=O) groups excluding carboxylic acids is 1. The fourth-order valence-electron chi connectivity index (χ4n) is 2.57. The number of benzene rings is 1. The van der Waals surface area contributed by atoms with Gasteiger partial charge in [-0.2, -0.15) is 0 Å². The van der Waals surface area contributed by atoms with Gasteiger partial charge in [-0.3, -0.25) is 4.79 Å². The third-order valence-corrected chi connectivity index (χ3v) is 3.85. The first-order valence-electron chi connectivity index (χ1n) is 7.52. The minimum Gasteiger partial charge on any atom is -0.373 e. The monoisotopic (exact) mass is 275 g/mol. The van der Waals surface area contributed by atoms with Gasteiger partial charge in [-0.1, -0.05) is 18.2 Å². The van der Waals surface area contributed by atoms with E-state index in [0.717, 1.165) is 19.5 Å². The lowest BCUT2D eigenvalue weighted by atomic mass is 10.1. The van der Waals surface area contributed by atoms with Gasteiger partial charge in [-0.25, -0.2) is 0 Å². The summed E-state index contributed by atoms with van der Waals surface area (Å²) in [6, 6.07) is 10.8. The van der Waals surface area contributed by atoms with E-state index >= 15 is 0 Å². The molecule has 2 rings (SSSR count). The number of nitrogens with one attached hydrogen (secondary N) is 2. The number of amides is 1. The van der Waals surface area contributed by atoms with Crippen molar-refractivity contribution in [3.05, 3.63) is 30.3 Å². The zero-order valence-electron chi connectivity index (χ0n) is 12.3. The second-order valence-corrected chi connectivity index (χ2v) is 5.44. The molecule has 1 fully saturated rings. The van der Waals surface area contributed by atoms with Crippen LogP contribution in [0.1, 0.15) is 25.7 Å². The van der Waals surface area contributed by atoms with Crippen LogP contribution in [0.25, 0.3) is 0 Å². The number of anilines is 1. The summed E-state index contributed by atoms with van der Waals surface area (Å²) in [7, 11) is 2.05. The molecule has 1 aliphatic heterocycles. The SMILES string of the molecule is CN(CCNC(=O)CCC1CCCN1)c1ccccc1. The molecule has 1 unspecified atom stereocenters. The average molecular weight is 275 g/mol. The minimum atomic E-state index is 0.167. The van der Waals surface area contributed by atoms with Crippen LogP contribution in [-0.2, 0) is 4.79 Å². The Balaban J connectivity index is 1.59. The highest BCUT2D eigenvalue weighted by atomic mass is 16.1. The predicted molar refractivity (Wildman–Crippen MR) is 83.0 cm³/mol. The summed E-state index contributed by atoms with van der Waals surface area (Å²) in [4.78, 5) is 13.9. The smallest absolute Gasteiger partial charge is 0.220 e. The molecule has 20 heavy (non-hydrogen) atoms. The number of hydrogen-bond donors (Lipinski definition) is 2. The van der Waals surface area contributed by atoms with Gasteiger partial charge < -0.3 is 15.5 Å². The first-order valence-corrected chi connectivity index (χ1v) is 7.52. The molecule has 0 saturated carbocycles. The van der Waals surface area contributed by atoms with Crippen molar-refractivity contribution >= 4 is 11.6 Å². The van der Waals surface area contributed by atoms with Crippen LogP contribution in [0.5, 0.6) is 0 Å². The van der Waals surface area contributed by atoms with Crippen LogP contribution in [0.4, 0.5) is 5.69 Å². The summed E-state index contributed by atoms with van der Waals surface area (Å²) in [6.45, 7) is 2.63. The Bertz CT molecular complexity index is 401. The molecule has 4 nitrogen and oxygen atoms in total. The zero-order valence-corrected chi connectivity index (χ0v) is 12.3. The molecule has 1 aromatic carbocycles. The Hall–Kier alpha value is -1.55. The highest BCUT2D eigenvalue weighted by molar-refractivity contribution is 5.75. The summed E-state index contributed by atoms with van der Waals surface area (Å²) in [5.74, 6) is 0.167. The van der Waals surface area contributed by atoms with Gasteiger partial charge in [0.1, 0.15) is 0 Å². The van der Waals surface area contributed by atoms with Crippen molar-refractivity contribution in [1.29, 1.82) is 0 Å². The molecule has 1 saturated heterocycles. The first kappa shape index (κ1) is 14.9. The fourth-order valence-corrected chi connectivity index (χ4v) is 2.57. The molecule has 110 valence electrons. The van der Waals surface area contributed by atoms with Gasteiger partial charge in [0.15, 0.2) is 0 Å². The maximum atomic E-state index is 11.8. The van der Waals surface area contributed by atoms with Gasteiger partial charge in [-0.15, -0.1) is 0 Å². The molecule has 0 aliphatic carbocycles. The number of carbonyl (C=O) groups is 1. The standard InChI is InChI=1S/C16H25N3O/c1-19(15-7-3-2-4-8-15)13-12-18-16(20)10-9-14-6-5-11-17-14/h2-4,7-8,14,17H,5-6,9-13H2,1H3,(H,18,20). The van der Waals surface area contributed by atoms with Crippen LogP contribution >= 0.6 is 0 Å². The summed E-state index contributed by atoms with van der Waals surface area (Å²) >= 11 is 0. The fraction of sp³-hybridized carbons (Fsp3) is 0.562. The summed E-state index contributed by atoms with van der Waals surface area (Å²) in [5, 5.41) is 6.42. The molecular formula is C16H25N3O. The van der Waals surface area contributed by atoms with E-state index in [1.807, 2.05) is 25.2 Å². The van der Waals surface area contributed by atoms with Gasteiger partial charge in [0.25, 0.3) is 0 Å². The molecule has 1 aliphatic rings. The van der Waals surface area contributed by atoms with Gasteiger partial charge in [0.05, 0.1) is 0 Å². The normalized spacial score (nSPS) is 17.9. The van der Waals surface area contributed by atoms with Crippen LogP contribution in [0, 0.1) is 0 Å². The highest BCUT2D eigenvalue weighted by Gasteiger charge is 2.14. The van der Waals surface area contributed by atoms with Crippen LogP contribution < -0.4 is 15.5 Å². The third-order valence-electron chi connectivity index (χ3n) is 3.85. The molecule has 0 aromatic heterocycles. The van der Waals surface area contributed by atoms with Gasteiger partial charge >= 0.3 is 0 Å². The molecule has 1 aromatic rings. The van der Waals surface area contributed by atoms with E-state index in [4.69, 9.17) is 0 Å². The van der Waals surface area contributed by atoms with Crippen LogP contribution in [-0.4, -0.2) is 38.6 Å². The summed E-state index contributed by atoms with van der Waals surface area (Å²) in [5.41, 5.74) is 1.18. The molecule has 0 spiro atoms. The van der Waals surface area contributed by atoms with Gasteiger partial charge in [-0.05, 0) is 37.9 Å². The zero-order chi connectivity index (χ0) is 14.2. The van der Waals surface area contributed by atoms with E-state index in [1.54, 1.807) is 0 Å². The van der Waals surface area contributed by atoms with Crippen molar-refractivity contribution in [3.8, 4) is 0 Å². The Morgan fingerprint density at radius 2 is 2.20 bits per heavy atom. The van der Waals surface area contributed by atoms with E-state index in [1.165, 1.54) is 18.5 Å². The quantitative estimate of drug-likeness (QED) is 0.797. The van der Waals surface area contributed by atoms with Crippen molar-refractivity contribution in [3.63, 3.8) is 0 Å². The van der Waals surface area contributed by atoms with Gasteiger partial charge in [0, 0.05) is 38.3 Å². The van der Waals surface area contributed by atoms with Crippen LogP contribution in [0.2, 0.25) is 0 Å². The number of nitrogens with zero attached hydrogens (tertiary/aromatic N) is 1. The molecule has 1 atom stereocenters. The largest absolute Gasteiger partial charge is 0.373 e. The Morgan fingerprint density at radius 3 is 2.90 bits per heavy atom. The molecule has 4 heteroatoms. The Morgan fingerprint density at radius 1 is 1.40 bits per heavy atom. The second kappa shape index (κ2) is 7.90. The van der Waals surface area contributed by atoms with Crippen molar-refractivity contribution < 1.29 is 4.79 Å². The summed E-state index contributed by atoms with van der Waals surface area (Å²) < 4.78 is 0. The molecule has 0 bridgehead atoms.